The summed E-state index contributed by atoms with van der Waals surface area (Å²) in [6.45, 7) is 3.72. The van der Waals surface area contributed by atoms with Crippen LogP contribution < -0.4 is 16.0 Å². The number of nitrogens with one attached hydrogen (secondary N) is 1. The molecule has 0 radical (unpaired) electrons. The van der Waals surface area contributed by atoms with Crippen LogP contribution in [0.1, 0.15) is 42.0 Å². The number of amides is 1. The number of aryl methyl sites for hydroxylation is 1. The first-order valence-corrected chi connectivity index (χ1v) is 8.41. The Bertz CT molecular complexity index is 753. The van der Waals surface area contributed by atoms with E-state index in [2.05, 4.69) is 20.3 Å². The summed E-state index contributed by atoms with van der Waals surface area (Å²) in [7, 11) is 3.60. The minimum atomic E-state index is -0.701. The summed E-state index contributed by atoms with van der Waals surface area (Å²) in [5, 5.41) is 12.6. The van der Waals surface area contributed by atoms with Gasteiger partial charge >= 0.3 is 0 Å². The predicted molar refractivity (Wildman–Crippen MR) is 101 cm³/mol. The average Bonchev–Trinajstić information content (AvgIpc) is 2.57. The van der Waals surface area contributed by atoms with Crippen molar-refractivity contribution in [3.8, 4) is 0 Å². The Morgan fingerprint density at radius 2 is 1.85 bits per heavy atom. The van der Waals surface area contributed by atoms with Gasteiger partial charge in [0.1, 0.15) is 0 Å². The van der Waals surface area contributed by atoms with Gasteiger partial charge in [-0.05, 0) is 44.4 Å². The summed E-state index contributed by atoms with van der Waals surface area (Å²) in [6, 6.07) is 7.32. The standard InChI is InChI=1S/C18H26N6O2/c1-18(2,26)10-9-12-5-7-13(8-6-12)15(25)20-11-14-21-16(19)23-17(22-14)24(3)4/h5-8,26H,9-11H2,1-4H3,(H,20,25)(H2,19,21,22,23). The molecule has 1 aromatic carbocycles. The van der Waals surface area contributed by atoms with E-state index in [1.807, 2.05) is 12.1 Å². The predicted octanol–water partition coefficient (Wildman–Crippen LogP) is 1.15. The van der Waals surface area contributed by atoms with Crippen LogP contribution in [0.25, 0.3) is 0 Å². The Balaban J connectivity index is 1.96. The maximum atomic E-state index is 12.3. The lowest BCUT2D eigenvalue weighted by Crippen LogP contribution is -2.25. The smallest absolute Gasteiger partial charge is 0.251 e. The molecule has 0 saturated carbocycles. The highest BCUT2D eigenvalue weighted by molar-refractivity contribution is 5.94. The molecular formula is C18H26N6O2. The zero-order chi connectivity index (χ0) is 19.3. The van der Waals surface area contributed by atoms with Crippen LogP contribution in [-0.4, -0.2) is 45.7 Å². The maximum absolute atomic E-state index is 12.3. The molecule has 1 amide bonds. The fraction of sp³-hybridized carbons (Fsp3) is 0.444. The molecule has 26 heavy (non-hydrogen) atoms. The van der Waals surface area contributed by atoms with Crippen LogP contribution in [0, 0.1) is 0 Å². The summed E-state index contributed by atoms with van der Waals surface area (Å²) < 4.78 is 0. The summed E-state index contributed by atoms with van der Waals surface area (Å²) >= 11 is 0. The Morgan fingerprint density at radius 3 is 2.42 bits per heavy atom. The van der Waals surface area contributed by atoms with Gasteiger partial charge in [-0.25, -0.2) is 0 Å². The number of benzene rings is 1. The topological polar surface area (TPSA) is 117 Å². The molecule has 8 heteroatoms. The second-order valence-electron chi connectivity index (χ2n) is 7.00. The van der Waals surface area contributed by atoms with E-state index in [-0.39, 0.29) is 18.4 Å². The van der Waals surface area contributed by atoms with E-state index in [0.29, 0.717) is 23.8 Å². The Hall–Kier alpha value is -2.74. The fourth-order valence-corrected chi connectivity index (χ4v) is 2.24. The number of nitrogen functional groups attached to an aromatic ring is 1. The van der Waals surface area contributed by atoms with Gasteiger partial charge < -0.3 is 21.1 Å². The number of hydrogen-bond acceptors (Lipinski definition) is 7. The van der Waals surface area contributed by atoms with Crippen LogP contribution in [0.15, 0.2) is 24.3 Å². The number of carbonyl (C=O) groups excluding carboxylic acids is 1. The van der Waals surface area contributed by atoms with Gasteiger partial charge in [0.05, 0.1) is 12.1 Å². The van der Waals surface area contributed by atoms with Crippen molar-refractivity contribution in [3.63, 3.8) is 0 Å². The summed E-state index contributed by atoms with van der Waals surface area (Å²) in [5.41, 5.74) is 6.59. The molecule has 0 saturated heterocycles. The van der Waals surface area contributed by atoms with Crippen LogP contribution in [-0.2, 0) is 13.0 Å². The van der Waals surface area contributed by atoms with E-state index in [9.17, 15) is 9.90 Å². The van der Waals surface area contributed by atoms with Crippen molar-refractivity contribution in [2.24, 2.45) is 0 Å². The molecule has 0 bridgehead atoms. The van der Waals surface area contributed by atoms with Crippen LogP contribution in [0.2, 0.25) is 0 Å². The lowest BCUT2D eigenvalue weighted by molar-refractivity contribution is 0.0713. The van der Waals surface area contributed by atoms with Crippen molar-refractivity contribution in [2.75, 3.05) is 24.7 Å². The van der Waals surface area contributed by atoms with E-state index in [1.54, 1.807) is 45.0 Å². The van der Waals surface area contributed by atoms with Crippen LogP contribution in [0.5, 0.6) is 0 Å². The van der Waals surface area contributed by atoms with E-state index in [4.69, 9.17) is 5.73 Å². The van der Waals surface area contributed by atoms with Gasteiger partial charge in [-0.3, -0.25) is 4.79 Å². The monoisotopic (exact) mass is 358 g/mol. The summed E-state index contributed by atoms with van der Waals surface area (Å²) in [4.78, 5) is 26.3. The second kappa shape index (κ2) is 8.09. The van der Waals surface area contributed by atoms with E-state index < -0.39 is 5.60 Å². The summed E-state index contributed by atoms with van der Waals surface area (Å²) in [5.74, 6) is 0.739. The van der Waals surface area contributed by atoms with Crippen molar-refractivity contribution in [1.82, 2.24) is 20.3 Å². The number of nitrogens with zero attached hydrogens (tertiary/aromatic N) is 4. The van der Waals surface area contributed by atoms with E-state index >= 15 is 0 Å². The van der Waals surface area contributed by atoms with E-state index in [1.165, 1.54) is 0 Å². The minimum absolute atomic E-state index is 0.115. The van der Waals surface area contributed by atoms with Gasteiger partial charge in [0, 0.05) is 19.7 Å². The molecule has 2 rings (SSSR count). The zero-order valence-corrected chi connectivity index (χ0v) is 15.7. The molecule has 0 spiro atoms. The molecule has 4 N–H and O–H groups in total. The molecule has 0 aliphatic carbocycles. The quantitative estimate of drug-likeness (QED) is 0.679. The molecule has 140 valence electrons. The first kappa shape index (κ1) is 19.6. The molecule has 1 heterocycles. The molecular weight excluding hydrogens is 332 g/mol. The minimum Gasteiger partial charge on any atom is -0.390 e. The Labute approximate surface area is 153 Å². The van der Waals surface area contributed by atoms with Gasteiger partial charge in [-0.2, -0.15) is 15.0 Å². The maximum Gasteiger partial charge on any atom is 0.251 e. The van der Waals surface area contributed by atoms with Gasteiger partial charge in [-0.15, -0.1) is 0 Å². The van der Waals surface area contributed by atoms with Crippen molar-refractivity contribution < 1.29 is 9.90 Å². The normalized spacial score (nSPS) is 11.3. The average molecular weight is 358 g/mol. The largest absolute Gasteiger partial charge is 0.390 e. The summed E-state index contributed by atoms with van der Waals surface area (Å²) in [6.07, 6.45) is 1.41. The van der Waals surface area contributed by atoms with Crippen molar-refractivity contribution in [2.45, 2.75) is 38.8 Å². The molecule has 0 fully saturated rings. The van der Waals surface area contributed by atoms with Gasteiger partial charge in [0.15, 0.2) is 5.82 Å². The van der Waals surface area contributed by atoms with Gasteiger partial charge in [0.2, 0.25) is 11.9 Å². The van der Waals surface area contributed by atoms with Crippen molar-refractivity contribution in [1.29, 1.82) is 0 Å². The Morgan fingerprint density at radius 1 is 1.19 bits per heavy atom. The van der Waals surface area contributed by atoms with Crippen LogP contribution in [0.4, 0.5) is 11.9 Å². The highest BCUT2D eigenvalue weighted by atomic mass is 16.3. The number of anilines is 2. The molecule has 0 aliphatic rings. The fourth-order valence-electron chi connectivity index (χ4n) is 2.24. The lowest BCUT2D eigenvalue weighted by Gasteiger charge is -2.16. The molecule has 0 atom stereocenters. The highest BCUT2D eigenvalue weighted by Crippen LogP contribution is 2.14. The first-order chi connectivity index (χ1) is 12.1. The van der Waals surface area contributed by atoms with Crippen LogP contribution >= 0.6 is 0 Å². The van der Waals surface area contributed by atoms with Gasteiger partial charge in [-0.1, -0.05) is 12.1 Å². The zero-order valence-electron chi connectivity index (χ0n) is 15.7. The second-order valence-corrected chi connectivity index (χ2v) is 7.00. The number of rotatable bonds is 7. The lowest BCUT2D eigenvalue weighted by atomic mass is 9.98. The third-order valence-corrected chi connectivity index (χ3v) is 3.74. The van der Waals surface area contributed by atoms with Gasteiger partial charge in [0.25, 0.3) is 5.91 Å². The first-order valence-electron chi connectivity index (χ1n) is 8.41. The number of hydrogen-bond donors (Lipinski definition) is 3. The molecule has 2 aromatic rings. The van der Waals surface area contributed by atoms with E-state index in [0.717, 1.165) is 12.0 Å². The number of nitrogens with two attached hydrogens (primary N) is 1. The number of aliphatic hydroxyl groups is 1. The molecule has 8 nitrogen and oxygen atoms in total. The highest BCUT2D eigenvalue weighted by Gasteiger charge is 2.13. The molecule has 1 aromatic heterocycles. The van der Waals surface area contributed by atoms with Crippen molar-refractivity contribution >= 4 is 17.8 Å². The van der Waals surface area contributed by atoms with Crippen LogP contribution in [0.3, 0.4) is 0 Å². The molecule has 0 aliphatic heterocycles. The SMILES string of the molecule is CN(C)c1nc(N)nc(CNC(=O)c2ccc(CCC(C)(C)O)cc2)n1. The third kappa shape index (κ3) is 5.96. The number of carbonyl (C=O) groups is 1. The third-order valence-electron chi connectivity index (χ3n) is 3.74. The number of aromatic nitrogens is 3. The van der Waals surface area contributed by atoms with Crippen molar-refractivity contribution in [3.05, 3.63) is 41.2 Å². The Kier molecular flexibility index (Phi) is 6.10. The molecule has 0 unspecified atom stereocenters.